The highest BCUT2D eigenvalue weighted by atomic mass is 16.6. The van der Waals surface area contributed by atoms with Gasteiger partial charge in [0.2, 0.25) is 5.82 Å². The molecule has 0 saturated carbocycles. The summed E-state index contributed by atoms with van der Waals surface area (Å²) in [5.41, 5.74) is 0.664. The Bertz CT molecular complexity index is 716. The zero-order chi connectivity index (χ0) is 16.7. The van der Waals surface area contributed by atoms with Gasteiger partial charge in [-0.15, -0.1) is 0 Å². The summed E-state index contributed by atoms with van der Waals surface area (Å²) in [6, 6.07) is 5.10. The lowest BCUT2D eigenvalue weighted by atomic mass is 9.84. The molecule has 1 atom stereocenters. The fourth-order valence-corrected chi connectivity index (χ4v) is 2.36. The molecule has 0 spiro atoms. The number of nitrogens with zero attached hydrogens (tertiary/aromatic N) is 3. The van der Waals surface area contributed by atoms with E-state index in [9.17, 15) is 20.3 Å². The molecule has 2 aromatic rings. The lowest BCUT2D eigenvalue weighted by Gasteiger charge is -2.22. The summed E-state index contributed by atoms with van der Waals surface area (Å²) in [5.74, 6) is -0.137. The van der Waals surface area contributed by atoms with Gasteiger partial charge in [0, 0.05) is 5.56 Å². The number of aromatic nitrogens is 2. The molecule has 118 valence electrons. The average Bonchev–Trinajstić information content (AvgIpc) is 2.79. The van der Waals surface area contributed by atoms with Crippen molar-refractivity contribution in [1.82, 2.24) is 9.55 Å². The van der Waals surface area contributed by atoms with Gasteiger partial charge in [-0.25, -0.2) is 9.55 Å². The third-order valence-corrected chi connectivity index (χ3v) is 3.60. The van der Waals surface area contributed by atoms with Gasteiger partial charge in [-0.2, -0.15) is 0 Å². The Hall–Kier alpha value is -2.41. The maximum absolute atomic E-state index is 10.9. The van der Waals surface area contributed by atoms with Gasteiger partial charge in [-0.05, 0) is 15.9 Å². The summed E-state index contributed by atoms with van der Waals surface area (Å²) >= 11 is 0. The van der Waals surface area contributed by atoms with Gasteiger partial charge >= 0.3 is 5.82 Å². The molecule has 0 aliphatic rings. The summed E-state index contributed by atoms with van der Waals surface area (Å²) in [6.45, 7) is 5.84. The third-order valence-electron chi connectivity index (χ3n) is 3.60. The fraction of sp³-hybridized carbons (Fsp3) is 0.400. The maximum Gasteiger partial charge on any atom is 0.342 e. The topological polar surface area (TPSA) is 101 Å². The smallest absolute Gasteiger partial charge is 0.342 e. The number of benzene rings is 1. The van der Waals surface area contributed by atoms with Crippen LogP contribution >= 0.6 is 0 Å². The van der Waals surface area contributed by atoms with Gasteiger partial charge in [0.15, 0.2) is 6.10 Å². The summed E-state index contributed by atoms with van der Waals surface area (Å²) in [6.07, 6.45) is -0.163. The first kappa shape index (κ1) is 16.0. The maximum atomic E-state index is 10.9. The lowest BCUT2D eigenvalue weighted by molar-refractivity contribution is -0.391. The Balaban J connectivity index is 2.51. The molecule has 0 aliphatic heterocycles. The molecule has 0 fully saturated rings. The van der Waals surface area contributed by atoms with E-state index in [0.717, 1.165) is 6.20 Å². The highest BCUT2D eigenvalue weighted by Gasteiger charge is 2.28. The van der Waals surface area contributed by atoms with E-state index < -0.39 is 11.0 Å². The van der Waals surface area contributed by atoms with Crippen LogP contribution in [-0.2, 0) is 12.5 Å². The van der Waals surface area contributed by atoms with Crippen molar-refractivity contribution in [2.75, 3.05) is 0 Å². The van der Waals surface area contributed by atoms with E-state index in [4.69, 9.17) is 0 Å². The molecule has 1 heterocycles. The van der Waals surface area contributed by atoms with Crippen LogP contribution in [0.2, 0.25) is 0 Å². The SMILES string of the molecule is Cn1c([N+](=O)[O-])cnc1C(O)c1cccc(C(C)(C)C)c1O. The number of imidazole rings is 1. The number of nitro groups is 1. The minimum absolute atomic E-state index is 0.0202. The number of hydrogen-bond donors (Lipinski definition) is 2. The van der Waals surface area contributed by atoms with Gasteiger partial charge in [0.1, 0.15) is 11.9 Å². The molecule has 0 saturated heterocycles. The van der Waals surface area contributed by atoms with Crippen LogP contribution in [-0.4, -0.2) is 24.7 Å². The molecule has 0 aliphatic carbocycles. The lowest BCUT2D eigenvalue weighted by Crippen LogP contribution is -2.14. The molecule has 1 aromatic carbocycles. The number of para-hydroxylation sites is 1. The quantitative estimate of drug-likeness (QED) is 0.669. The third kappa shape index (κ3) is 2.67. The Morgan fingerprint density at radius 1 is 1.36 bits per heavy atom. The highest BCUT2D eigenvalue weighted by Crippen LogP contribution is 2.37. The van der Waals surface area contributed by atoms with Crippen molar-refractivity contribution in [1.29, 1.82) is 0 Å². The summed E-state index contributed by atoms with van der Waals surface area (Å²) in [7, 11) is 1.45. The van der Waals surface area contributed by atoms with E-state index in [-0.39, 0.29) is 28.4 Å². The number of phenolic OH excluding ortho intramolecular Hbond substituents is 1. The number of phenols is 1. The van der Waals surface area contributed by atoms with Crippen LogP contribution in [0.5, 0.6) is 5.75 Å². The molecule has 0 radical (unpaired) electrons. The second-order valence-electron chi connectivity index (χ2n) is 6.19. The molecular weight excluding hydrogens is 286 g/mol. The largest absolute Gasteiger partial charge is 0.507 e. The summed E-state index contributed by atoms with van der Waals surface area (Å²) in [5, 5.41) is 31.8. The van der Waals surface area contributed by atoms with Crippen LogP contribution in [0, 0.1) is 10.1 Å². The van der Waals surface area contributed by atoms with Crippen LogP contribution < -0.4 is 0 Å². The van der Waals surface area contributed by atoms with E-state index >= 15 is 0 Å². The standard InChI is InChI=1S/C15H19N3O4/c1-15(2,3)10-7-5-6-9(12(10)19)13(20)14-16-8-11(17(14)4)18(21)22/h5-8,13,19-20H,1-4H3. The molecule has 0 amide bonds. The van der Waals surface area contributed by atoms with Crippen LogP contribution in [0.25, 0.3) is 0 Å². The predicted octanol–water partition coefficient (Wildman–Crippen LogP) is 2.41. The fourth-order valence-electron chi connectivity index (χ4n) is 2.36. The monoisotopic (exact) mass is 305 g/mol. The number of aliphatic hydroxyl groups excluding tert-OH is 1. The Kier molecular flexibility index (Phi) is 3.93. The summed E-state index contributed by atoms with van der Waals surface area (Å²) in [4.78, 5) is 14.2. The molecule has 0 bridgehead atoms. The molecule has 2 N–H and O–H groups in total. The molecule has 1 unspecified atom stereocenters. The van der Waals surface area contributed by atoms with Crippen molar-refractivity contribution in [2.45, 2.75) is 32.3 Å². The number of rotatable bonds is 3. The number of aliphatic hydroxyl groups is 1. The van der Waals surface area contributed by atoms with Crippen molar-refractivity contribution < 1.29 is 15.1 Å². The van der Waals surface area contributed by atoms with Crippen molar-refractivity contribution >= 4 is 5.82 Å². The zero-order valence-corrected chi connectivity index (χ0v) is 12.9. The van der Waals surface area contributed by atoms with Crippen LogP contribution in [0.15, 0.2) is 24.4 Å². The molecule has 22 heavy (non-hydrogen) atoms. The van der Waals surface area contributed by atoms with Crippen molar-refractivity contribution in [3.8, 4) is 5.75 Å². The molecule has 1 aromatic heterocycles. The van der Waals surface area contributed by atoms with E-state index in [0.29, 0.717) is 5.56 Å². The van der Waals surface area contributed by atoms with Crippen molar-refractivity contribution in [3.05, 3.63) is 51.5 Å². The first-order valence-corrected chi connectivity index (χ1v) is 6.81. The molecule has 7 nitrogen and oxygen atoms in total. The minimum Gasteiger partial charge on any atom is -0.507 e. The number of hydrogen-bond acceptors (Lipinski definition) is 5. The minimum atomic E-state index is -1.25. The van der Waals surface area contributed by atoms with E-state index in [2.05, 4.69) is 4.98 Å². The molecule has 7 heteroatoms. The van der Waals surface area contributed by atoms with Gasteiger partial charge in [-0.3, -0.25) is 0 Å². The first-order valence-electron chi connectivity index (χ1n) is 6.81. The highest BCUT2D eigenvalue weighted by molar-refractivity contribution is 5.46. The normalized spacial score (nSPS) is 13.1. The van der Waals surface area contributed by atoms with Gasteiger partial charge < -0.3 is 20.3 Å². The van der Waals surface area contributed by atoms with Crippen LogP contribution in [0.1, 0.15) is 43.8 Å². The van der Waals surface area contributed by atoms with Crippen molar-refractivity contribution in [2.24, 2.45) is 7.05 Å². The predicted molar refractivity (Wildman–Crippen MR) is 80.7 cm³/mol. The Morgan fingerprint density at radius 3 is 2.50 bits per heavy atom. The van der Waals surface area contributed by atoms with Gasteiger partial charge in [0.05, 0.1) is 7.05 Å². The Labute approximate surface area is 128 Å². The molecule has 2 rings (SSSR count). The van der Waals surface area contributed by atoms with Crippen LogP contribution in [0.4, 0.5) is 5.82 Å². The van der Waals surface area contributed by atoms with Crippen LogP contribution in [0.3, 0.4) is 0 Å². The van der Waals surface area contributed by atoms with E-state index in [1.54, 1.807) is 18.2 Å². The second kappa shape index (κ2) is 5.42. The summed E-state index contributed by atoms with van der Waals surface area (Å²) < 4.78 is 1.20. The van der Waals surface area contributed by atoms with E-state index in [1.165, 1.54) is 11.6 Å². The average molecular weight is 305 g/mol. The zero-order valence-electron chi connectivity index (χ0n) is 12.9. The molecular formula is C15H19N3O4. The van der Waals surface area contributed by atoms with E-state index in [1.807, 2.05) is 20.8 Å². The second-order valence-corrected chi connectivity index (χ2v) is 6.19. The van der Waals surface area contributed by atoms with Gasteiger partial charge in [-0.1, -0.05) is 39.0 Å². The number of aromatic hydroxyl groups is 1. The first-order chi connectivity index (χ1) is 10.1. The van der Waals surface area contributed by atoms with Gasteiger partial charge in [0.25, 0.3) is 0 Å². The van der Waals surface area contributed by atoms with Crippen molar-refractivity contribution in [3.63, 3.8) is 0 Å². The Morgan fingerprint density at radius 2 is 2.00 bits per heavy atom.